The lowest BCUT2D eigenvalue weighted by Crippen LogP contribution is -2.42. The van der Waals surface area contributed by atoms with Gasteiger partial charge in [0.05, 0.1) is 5.56 Å². The molecule has 0 saturated heterocycles. The number of thiophene rings is 1. The lowest BCUT2D eigenvalue weighted by Gasteiger charge is -2.17. The van der Waals surface area contributed by atoms with Crippen LogP contribution in [0.15, 0.2) is 77.3 Å². The van der Waals surface area contributed by atoms with Gasteiger partial charge < -0.3 is 15.4 Å². The van der Waals surface area contributed by atoms with Gasteiger partial charge in [-0.1, -0.05) is 64.5 Å². The molecule has 0 bridgehead atoms. The Morgan fingerprint density at radius 2 is 1.51 bits per heavy atom. The van der Waals surface area contributed by atoms with Gasteiger partial charge in [-0.3, -0.25) is 9.59 Å². The molecule has 39 heavy (non-hydrogen) atoms. The van der Waals surface area contributed by atoms with E-state index >= 15 is 0 Å². The van der Waals surface area contributed by atoms with Crippen molar-refractivity contribution >= 4 is 50.1 Å². The van der Waals surface area contributed by atoms with E-state index in [-0.39, 0.29) is 18.3 Å². The molecule has 0 fully saturated rings. The van der Waals surface area contributed by atoms with Crippen LogP contribution in [-0.2, 0) is 9.53 Å². The van der Waals surface area contributed by atoms with Gasteiger partial charge in [0, 0.05) is 20.8 Å². The molecule has 198 valence electrons. The second kappa shape index (κ2) is 11.2. The molecule has 4 aromatic rings. The lowest BCUT2D eigenvalue weighted by molar-refractivity contribution is -0.117. The van der Waals surface area contributed by atoms with Crippen LogP contribution in [0.25, 0.3) is 11.1 Å². The van der Waals surface area contributed by atoms with E-state index in [0.29, 0.717) is 16.1 Å². The first-order valence-electron chi connectivity index (χ1n) is 12.6. The molecule has 0 radical (unpaired) electrons. The molecule has 3 aromatic carbocycles. The Labute approximate surface area is 239 Å². The van der Waals surface area contributed by atoms with Gasteiger partial charge in [-0.05, 0) is 72.9 Å². The first-order valence-corrected chi connectivity index (χ1v) is 14.2. The third kappa shape index (κ3) is 5.40. The molecule has 8 heteroatoms. The van der Waals surface area contributed by atoms with Gasteiger partial charge in [0.1, 0.15) is 17.6 Å². The number of hydrogen-bond donors (Lipinski definition) is 2. The summed E-state index contributed by atoms with van der Waals surface area (Å²) in [5.41, 5.74) is 6.32. The normalized spacial score (nSPS) is 12.8. The summed E-state index contributed by atoms with van der Waals surface area (Å²) >= 11 is 4.73. The topological polar surface area (TPSA) is 84.5 Å². The van der Waals surface area contributed by atoms with Crippen LogP contribution in [0.2, 0.25) is 0 Å². The van der Waals surface area contributed by atoms with E-state index in [4.69, 9.17) is 4.74 Å². The Hall–Kier alpha value is -3.75. The molecule has 0 aliphatic heterocycles. The zero-order chi connectivity index (χ0) is 27.7. The largest absolute Gasteiger partial charge is 0.449 e. The number of aryl methyl sites for hydroxylation is 1. The number of ether oxygens (including phenoxy) is 1. The number of carbonyl (C=O) groups excluding carboxylic acids is 3. The molecule has 2 amide bonds. The van der Waals surface area contributed by atoms with Crippen molar-refractivity contribution in [3.63, 3.8) is 0 Å². The summed E-state index contributed by atoms with van der Waals surface area (Å²) < 4.78 is 6.45. The van der Waals surface area contributed by atoms with Crippen molar-refractivity contribution in [2.45, 2.75) is 32.7 Å². The summed E-state index contributed by atoms with van der Waals surface area (Å²) in [7, 11) is 0. The number of halogens is 1. The fraction of sp³-hybridized carbons (Fsp3) is 0.194. The zero-order valence-corrected chi connectivity index (χ0v) is 24.1. The summed E-state index contributed by atoms with van der Waals surface area (Å²) in [6, 6.07) is 22.4. The molecule has 1 heterocycles. The molecule has 1 unspecified atom stereocenters. The Kier molecular flexibility index (Phi) is 7.68. The molecule has 0 saturated carbocycles. The number of ketones is 1. The van der Waals surface area contributed by atoms with Crippen LogP contribution >= 0.6 is 27.3 Å². The highest BCUT2D eigenvalue weighted by Gasteiger charge is 2.30. The summed E-state index contributed by atoms with van der Waals surface area (Å²) in [5, 5.41) is 5.93. The Balaban J connectivity index is 1.23. The standard InChI is InChI=1S/C31H27BrN2O4S/c1-17-19(3)39-30(27(17)28(35)20-12-14-21(32)15-13-20)34-29(36)18(2)33-31(37)38-16-26-24-10-6-4-8-22(24)23-9-5-7-11-25(23)26/h4-15,18,26H,16H2,1-3H3,(H,33,37)(H,34,36). The van der Waals surface area contributed by atoms with Crippen LogP contribution < -0.4 is 10.6 Å². The number of hydrogen-bond acceptors (Lipinski definition) is 5. The number of carbonyl (C=O) groups is 3. The molecule has 0 spiro atoms. The van der Waals surface area contributed by atoms with Crippen LogP contribution in [0.1, 0.15) is 50.3 Å². The minimum absolute atomic E-state index is 0.0727. The van der Waals surface area contributed by atoms with Crippen molar-refractivity contribution in [1.82, 2.24) is 5.32 Å². The highest BCUT2D eigenvalue weighted by atomic mass is 79.9. The van der Waals surface area contributed by atoms with Crippen molar-refractivity contribution in [1.29, 1.82) is 0 Å². The van der Waals surface area contributed by atoms with Crippen molar-refractivity contribution < 1.29 is 19.1 Å². The number of alkyl carbamates (subject to hydrolysis) is 1. The van der Waals surface area contributed by atoms with Crippen LogP contribution in [0, 0.1) is 13.8 Å². The van der Waals surface area contributed by atoms with E-state index in [9.17, 15) is 14.4 Å². The monoisotopic (exact) mass is 602 g/mol. The van der Waals surface area contributed by atoms with Gasteiger partial charge in [0.2, 0.25) is 5.91 Å². The Morgan fingerprint density at radius 1 is 0.923 bits per heavy atom. The predicted octanol–water partition coefficient (Wildman–Crippen LogP) is 7.22. The third-order valence-corrected chi connectivity index (χ3v) is 8.68. The van der Waals surface area contributed by atoms with E-state index in [1.807, 2.05) is 38.1 Å². The Morgan fingerprint density at radius 3 is 2.13 bits per heavy atom. The number of benzene rings is 3. The van der Waals surface area contributed by atoms with Crippen molar-refractivity contribution in [3.8, 4) is 11.1 Å². The smallest absolute Gasteiger partial charge is 0.407 e. The molecule has 5 rings (SSSR count). The van der Waals surface area contributed by atoms with Crippen LogP contribution in [0.4, 0.5) is 9.80 Å². The number of nitrogens with one attached hydrogen (secondary N) is 2. The lowest BCUT2D eigenvalue weighted by atomic mass is 9.98. The number of amides is 2. The van der Waals surface area contributed by atoms with Crippen molar-refractivity contribution in [2.75, 3.05) is 11.9 Å². The maximum atomic E-state index is 13.3. The average molecular weight is 604 g/mol. The van der Waals surface area contributed by atoms with E-state index in [0.717, 1.165) is 37.2 Å². The molecule has 6 nitrogen and oxygen atoms in total. The summed E-state index contributed by atoms with van der Waals surface area (Å²) in [4.78, 5) is 39.9. The third-order valence-electron chi connectivity index (χ3n) is 7.03. The minimum Gasteiger partial charge on any atom is -0.449 e. The highest BCUT2D eigenvalue weighted by molar-refractivity contribution is 9.10. The molecule has 1 atom stereocenters. The zero-order valence-electron chi connectivity index (χ0n) is 21.7. The second-order valence-electron chi connectivity index (χ2n) is 9.50. The van der Waals surface area contributed by atoms with E-state index < -0.39 is 18.0 Å². The predicted molar refractivity (Wildman–Crippen MR) is 158 cm³/mol. The van der Waals surface area contributed by atoms with Gasteiger partial charge in [0.15, 0.2) is 5.78 Å². The fourth-order valence-corrected chi connectivity index (χ4v) is 6.16. The van der Waals surface area contributed by atoms with Crippen LogP contribution in [0.3, 0.4) is 0 Å². The SMILES string of the molecule is Cc1sc(NC(=O)C(C)NC(=O)OCC2c3ccccc3-c3ccccc32)c(C(=O)c2ccc(Br)cc2)c1C. The molecule has 2 N–H and O–H groups in total. The number of anilines is 1. The maximum Gasteiger partial charge on any atom is 0.407 e. The van der Waals surface area contributed by atoms with E-state index in [1.54, 1.807) is 31.2 Å². The molecule has 1 aliphatic rings. The summed E-state index contributed by atoms with van der Waals surface area (Å²) in [5.74, 6) is -0.678. The minimum atomic E-state index is -0.876. The first kappa shape index (κ1) is 26.8. The summed E-state index contributed by atoms with van der Waals surface area (Å²) in [6.45, 7) is 5.52. The highest BCUT2D eigenvalue weighted by Crippen LogP contribution is 2.44. The summed E-state index contributed by atoms with van der Waals surface area (Å²) in [6.07, 6.45) is -0.677. The quantitative estimate of drug-likeness (QED) is 0.219. The average Bonchev–Trinajstić information content (AvgIpc) is 3.40. The van der Waals surface area contributed by atoms with Gasteiger partial charge in [-0.15, -0.1) is 11.3 Å². The molecule has 1 aliphatic carbocycles. The number of rotatable bonds is 7. The van der Waals surface area contributed by atoms with Gasteiger partial charge in [-0.25, -0.2) is 4.79 Å². The van der Waals surface area contributed by atoms with Crippen molar-refractivity contribution in [3.05, 3.63) is 110 Å². The van der Waals surface area contributed by atoms with Crippen molar-refractivity contribution in [2.24, 2.45) is 0 Å². The molecular formula is C31H27BrN2O4S. The van der Waals surface area contributed by atoms with Gasteiger partial charge >= 0.3 is 6.09 Å². The fourth-order valence-electron chi connectivity index (χ4n) is 4.84. The maximum absolute atomic E-state index is 13.3. The first-order chi connectivity index (χ1) is 18.7. The molecule has 1 aromatic heterocycles. The van der Waals surface area contributed by atoms with Gasteiger partial charge in [0.25, 0.3) is 0 Å². The van der Waals surface area contributed by atoms with Crippen LogP contribution in [-0.4, -0.2) is 30.4 Å². The van der Waals surface area contributed by atoms with E-state index in [1.165, 1.54) is 11.3 Å². The Bertz CT molecular complexity index is 1530. The molecular weight excluding hydrogens is 576 g/mol. The van der Waals surface area contributed by atoms with Gasteiger partial charge in [-0.2, -0.15) is 0 Å². The number of fused-ring (bicyclic) bond motifs is 3. The van der Waals surface area contributed by atoms with Crippen LogP contribution in [0.5, 0.6) is 0 Å². The van der Waals surface area contributed by atoms with E-state index in [2.05, 4.69) is 50.8 Å². The second-order valence-corrected chi connectivity index (χ2v) is 11.6.